The standard InChI is InChI=1S/C23H21FN4O5/c1-27-15(13-6-4-3-5-7-13)10-17(33-27)23(21(30)25-22(31)26-23)12-28-11-14-8-9-16(32-2)19(24)18(14)20(28)29/h3-10,15H,11-12H2,1-2H3,(H2,25,26,30,31). The van der Waals surface area contributed by atoms with E-state index in [0.717, 1.165) is 5.56 Å². The van der Waals surface area contributed by atoms with Gasteiger partial charge in [0.05, 0.1) is 25.3 Å². The number of hydrogen-bond acceptors (Lipinski definition) is 6. The number of carbonyl (C=O) groups is 3. The smallest absolute Gasteiger partial charge is 0.322 e. The Morgan fingerprint density at radius 1 is 1.18 bits per heavy atom. The van der Waals surface area contributed by atoms with Gasteiger partial charge >= 0.3 is 6.03 Å². The summed E-state index contributed by atoms with van der Waals surface area (Å²) in [7, 11) is 3.03. The van der Waals surface area contributed by atoms with Crippen LogP contribution in [-0.2, 0) is 16.2 Å². The molecule has 10 heteroatoms. The number of nitrogens with one attached hydrogen (secondary N) is 2. The van der Waals surface area contributed by atoms with Gasteiger partial charge in [-0.05, 0) is 23.3 Å². The van der Waals surface area contributed by atoms with Crippen LogP contribution >= 0.6 is 0 Å². The molecule has 9 nitrogen and oxygen atoms in total. The molecule has 0 bridgehead atoms. The molecular weight excluding hydrogens is 431 g/mol. The first-order valence-corrected chi connectivity index (χ1v) is 10.3. The van der Waals surface area contributed by atoms with Crippen LogP contribution < -0.4 is 15.4 Å². The molecule has 0 aromatic heterocycles. The Morgan fingerprint density at radius 2 is 1.94 bits per heavy atom. The van der Waals surface area contributed by atoms with Crippen molar-refractivity contribution in [2.75, 3.05) is 20.7 Å². The van der Waals surface area contributed by atoms with Gasteiger partial charge in [0.15, 0.2) is 22.9 Å². The Labute approximate surface area is 188 Å². The number of halogens is 1. The Balaban J connectivity index is 1.50. The van der Waals surface area contributed by atoms with Gasteiger partial charge in [0.1, 0.15) is 0 Å². The first kappa shape index (κ1) is 21.0. The highest BCUT2D eigenvalue weighted by Gasteiger charge is 2.55. The molecule has 3 aliphatic heterocycles. The van der Waals surface area contributed by atoms with Crippen LogP contribution in [0, 0.1) is 5.82 Å². The fourth-order valence-corrected chi connectivity index (χ4v) is 4.49. The third kappa shape index (κ3) is 3.21. The number of likely N-dealkylation sites (N-methyl/N-ethyl adjacent to an activating group) is 1. The van der Waals surface area contributed by atoms with Crippen LogP contribution in [0.25, 0.3) is 0 Å². The van der Waals surface area contributed by atoms with Gasteiger partial charge in [-0.3, -0.25) is 14.9 Å². The van der Waals surface area contributed by atoms with E-state index in [0.29, 0.717) is 5.56 Å². The molecule has 0 radical (unpaired) electrons. The minimum atomic E-state index is -1.66. The summed E-state index contributed by atoms with van der Waals surface area (Å²) in [5, 5.41) is 6.43. The number of imide groups is 1. The van der Waals surface area contributed by atoms with E-state index in [2.05, 4.69) is 10.6 Å². The summed E-state index contributed by atoms with van der Waals surface area (Å²) in [4.78, 5) is 45.5. The van der Waals surface area contributed by atoms with Gasteiger partial charge in [-0.1, -0.05) is 36.4 Å². The molecule has 1 saturated heterocycles. The molecule has 33 heavy (non-hydrogen) atoms. The lowest BCUT2D eigenvalue weighted by Crippen LogP contribution is -2.57. The van der Waals surface area contributed by atoms with Gasteiger partial charge in [-0.15, -0.1) is 5.06 Å². The van der Waals surface area contributed by atoms with Crippen molar-refractivity contribution >= 4 is 17.8 Å². The highest BCUT2D eigenvalue weighted by atomic mass is 19.1. The first-order valence-electron chi connectivity index (χ1n) is 10.3. The van der Waals surface area contributed by atoms with Crippen LogP contribution in [0.3, 0.4) is 0 Å². The molecule has 2 aromatic rings. The predicted molar refractivity (Wildman–Crippen MR) is 113 cm³/mol. The molecule has 2 atom stereocenters. The highest BCUT2D eigenvalue weighted by molar-refractivity contribution is 6.09. The molecule has 5 rings (SSSR count). The average molecular weight is 452 g/mol. The number of methoxy groups -OCH3 is 1. The highest BCUT2D eigenvalue weighted by Crippen LogP contribution is 2.38. The van der Waals surface area contributed by atoms with Crippen molar-refractivity contribution in [3.63, 3.8) is 0 Å². The average Bonchev–Trinajstić information content (AvgIpc) is 3.43. The molecule has 1 fully saturated rings. The van der Waals surface area contributed by atoms with E-state index in [9.17, 15) is 18.8 Å². The maximum absolute atomic E-state index is 14.8. The lowest BCUT2D eigenvalue weighted by atomic mass is 9.94. The van der Waals surface area contributed by atoms with Crippen molar-refractivity contribution in [2.24, 2.45) is 0 Å². The SMILES string of the molecule is COc1ccc2c(c1F)C(=O)N(CC1(C3=CC(c4ccccc4)N(C)O3)NC(=O)NC1=O)C2. The molecule has 2 unspecified atom stereocenters. The molecule has 2 aromatic carbocycles. The topological polar surface area (TPSA) is 100 Å². The van der Waals surface area contributed by atoms with E-state index in [-0.39, 0.29) is 36.2 Å². The molecule has 170 valence electrons. The number of ether oxygens (including phenoxy) is 1. The van der Waals surface area contributed by atoms with Crippen LogP contribution in [0.1, 0.15) is 27.5 Å². The monoisotopic (exact) mass is 452 g/mol. The minimum absolute atomic E-state index is 0.0419. The molecule has 3 aliphatic rings. The van der Waals surface area contributed by atoms with Crippen molar-refractivity contribution in [3.05, 3.63) is 76.8 Å². The van der Waals surface area contributed by atoms with Gasteiger partial charge in [0, 0.05) is 13.6 Å². The van der Waals surface area contributed by atoms with E-state index < -0.39 is 29.2 Å². The zero-order valence-electron chi connectivity index (χ0n) is 17.9. The van der Waals surface area contributed by atoms with Crippen LogP contribution in [0.5, 0.6) is 5.75 Å². The Morgan fingerprint density at radius 3 is 2.61 bits per heavy atom. The maximum Gasteiger partial charge on any atom is 0.322 e. The fourth-order valence-electron chi connectivity index (χ4n) is 4.49. The van der Waals surface area contributed by atoms with Crippen LogP contribution in [0.15, 0.2) is 54.3 Å². The fraction of sp³-hybridized carbons (Fsp3) is 0.261. The normalized spacial score (nSPS) is 24.3. The number of benzene rings is 2. The van der Waals surface area contributed by atoms with Crippen molar-refractivity contribution in [1.29, 1.82) is 0 Å². The number of urea groups is 1. The second kappa shape index (κ2) is 7.59. The van der Waals surface area contributed by atoms with Crippen molar-refractivity contribution in [2.45, 2.75) is 18.1 Å². The summed E-state index contributed by atoms with van der Waals surface area (Å²) in [5.41, 5.74) is -0.366. The second-order valence-electron chi connectivity index (χ2n) is 8.11. The number of hydroxylamine groups is 2. The van der Waals surface area contributed by atoms with Crippen LogP contribution in [-0.4, -0.2) is 54.0 Å². The molecule has 2 N–H and O–H groups in total. The summed E-state index contributed by atoms with van der Waals surface area (Å²) in [6.07, 6.45) is 1.73. The van der Waals surface area contributed by atoms with Gasteiger partial charge in [0.2, 0.25) is 0 Å². The lowest BCUT2D eigenvalue weighted by Gasteiger charge is -2.31. The Hall–Kier alpha value is -3.92. The molecule has 0 spiro atoms. The number of fused-ring (bicyclic) bond motifs is 1. The van der Waals surface area contributed by atoms with Gasteiger partial charge in [-0.25, -0.2) is 9.18 Å². The summed E-state index contributed by atoms with van der Waals surface area (Å²) in [6.45, 7) is -0.160. The number of rotatable bonds is 5. The van der Waals surface area contributed by atoms with E-state index in [1.807, 2.05) is 30.3 Å². The van der Waals surface area contributed by atoms with E-state index in [4.69, 9.17) is 9.57 Å². The number of hydrogen-bond donors (Lipinski definition) is 2. The molecule has 0 saturated carbocycles. The van der Waals surface area contributed by atoms with E-state index in [1.54, 1.807) is 24.3 Å². The third-order valence-corrected chi connectivity index (χ3v) is 6.15. The van der Waals surface area contributed by atoms with E-state index >= 15 is 0 Å². The van der Waals surface area contributed by atoms with Gasteiger partial charge < -0.3 is 19.8 Å². The number of carbonyl (C=O) groups excluding carboxylic acids is 3. The van der Waals surface area contributed by atoms with Gasteiger partial charge in [0.25, 0.3) is 11.8 Å². The number of nitrogens with zero attached hydrogens (tertiary/aromatic N) is 2. The predicted octanol–water partition coefficient (Wildman–Crippen LogP) is 1.87. The summed E-state index contributed by atoms with van der Waals surface area (Å²) < 4.78 is 19.8. The zero-order valence-corrected chi connectivity index (χ0v) is 17.9. The van der Waals surface area contributed by atoms with Crippen molar-refractivity contribution in [1.82, 2.24) is 20.6 Å². The summed E-state index contributed by atoms with van der Waals surface area (Å²) in [6, 6.07) is 11.5. The third-order valence-electron chi connectivity index (χ3n) is 6.15. The maximum atomic E-state index is 14.8. The summed E-state index contributed by atoms with van der Waals surface area (Å²) in [5.74, 6) is -1.86. The largest absolute Gasteiger partial charge is 0.494 e. The zero-order chi connectivity index (χ0) is 23.3. The summed E-state index contributed by atoms with van der Waals surface area (Å²) >= 11 is 0. The van der Waals surface area contributed by atoms with Crippen molar-refractivity contribution in [3.8, 4) is 5.75 Å². The van der Waals surface area contributed by atoms with Gasteiger partial charge in [-0.2, -0.15) is 0 Å². The van der Waals surface area contributed by atoms with Crippen LogP contribution in [0.2, 0.25) is 0 Å². The molecule has 0 aliphatic carbocycles. The molecule has 4 amide bonds. The minimum Gasteiger partial charge on any atom is -0.494 e. The van der Waals surface area contributed by atoms with Crippen LogP contribution in [0.4, 0.5) is 9.18 Å². The first-order chi connectivity index (χ1) is 15.8. The molecule has 3 heterocycles. The second-order valence-corrected chi connectivity index (χ2v) is 8.11. The lowest BCUT2D eigenvalue weighted by molar-refractivity contribution is -0.133. The Kier molecular flexibility index (Phi) is 4.82. The quantitative estimate of drug-likeness (QED) is 0.672. The molecular formula is C23H21FN4O5. The van der Waals surface area contributed by atoms with Crippen molar-refractivity contribution < 1.29 is 28.3 Å². The van der Waals surface area contributed by atoms with E-state index in [1.165, 1.54) is 18.1 Å². The Bertz CT molecular complexity index is 1200. The number of amides is 4.